The first-order valence-corrected chi connectivity index (χ1v) is 8.74. The van der Waals surface area contributed by atoms with Gasteiger partial charge < -0.3 is 0 Å². The van der Waals surface area contributed by atoms with Crippen LogP contribution in [0.4, 0.5) is 0 Å². The molecule has 0 aliphatic carbocycles. The van der Waals surface area contributed by atoms with Crippen molar-refractivity contribution in [3.05, 3.63) is 80.7 Å². The second-order valence-corrected chi connectivity index (χ2v) is 7.19. The van der Waals surface area contributed by atoms with Gasteiger partial charge in [0.05, 0.1) is 4.83 Å². The van der Waals surface area contributed by atoms with Crippen molar-refractivity contribution >= 4 is 58.6 Å². The van der Waals surface area contributed by atoms with Gasteiger partial charge in [-0.25, -0.2) is 0 Å². The van der Waals surface area contributed by atoms with Gasteiger partial charge in [0, 0.05) is 8.95 Å². The van der Waals surface area contributed by atoms with Gasteiger partial charge in [-0.15, -0.1) is 0 Å². The Labute approximate surface area is 143 Å². The summed E-state index contributed by atoms with van der Waals surface area (Å²) in [6.07, 6.45) is 0. The molecule has 0 saturated heterocycles. The average Bonchev–Trinajstić information content (AvgIpc) is 2.48. The molecular formula is C17H11Br3. The Morgan fingerprint density at radius 3 is 2.00 bits per heavy atom. The monoisotopic (exact) mass is 452 g/mol. The van der Waals surface area contributed by atoms with Crippen LogP contribution < -0.4 is 0 Å². The standard InChI is InChI=1S/C17H11Br3/c18-15-8-4-3-7-14(15)17(20)13-9-10-16(19)12-6-2-1-5-11(12)13/h1-10,17H. The van der Waals surface area contributed by atoms with Crippen molar-refractivity contribution < 1.29 is 0 Å². The molecule has 0 aromatic heterocycles. The van der Waals surface area contributed by atoms with E-state index in [1.54, 1.807) is 0 Å². The zero-order chi connectivity index (χ0) is 14.1. The first-order valence-electron chi connectivity index (χ1n) is 6.24. The largest absolute Gasteiger partial charge is 0.0786 e. The average molecular weight is 455 g/mol. The molecule has 0 amide bonds. The van der Waals surface area contributed by atoms with Gasteiger partial charge >= 0.3 is 0 Å². The van der Waals surface area contributed by atoms with Crippen LogP contribution in [-0.2, 0) is 0 Å². The van der Waals surface area contributed by atoms with Gasteiger partial charge in [-0.05, 0) is 34.0 Å². The molecule has 0 N–H and O–H groups in total. The van der Waals surface area contributed by atoms with Crippen LogP contribution in [0.25, 0.3) is 10.8 Å². The fourth-order valence-electron chi connectivity index (χ4n) is 2.35. The highest BCUT2D eigenvalue weighted by Crippen LogP contribution is 2.39. The van der Waals surface area contributed by atoms with Crippen molar-refractivity contribution in [2.45, 2.75) is 4.83 Å². The van der Waals surface area contributed by atoms with Crippen molar-refractivity contribution in [2.75, 3.05) is 0 Å². The molecular weight excluding hydrogens is 444 g/mol. The summed E-state index contributed by atoms with van der Waals surface area (Å²) < 4.78 is 2.25. The van der Waals surface area contributed by atoms with Gasteiger partial charge in [-0.3, -0.25) is 0 Å². The van der Waals surface area contributed by atoms with Crippen LogP contribution in [0.2, 0.25) is 0 Å². The Hall–Kier alpha value is -0.640. The summed E-state index contributed by atoms with van der Waals surface area (Å²) in [4.78, 5) is 0.163. The van der Waals surface area contributed by atoms with Crippen molar-refractivity contribution in [1.82, 2.24) is 0 Å². The maximum Gasteiger partial charge on any atom is 0.0661 e. The minimum Gasteiger partial charge on any atom is -0.0786 e. The Morgan fingerprint density at radius 1 is 0.600 bits per heavy atom. The van der Waals surface area contributed by atoms with Gasteiger partial charge in [0.1, 0.15) is 0 Å². The SMILES string of the molecule is Brc1ccccc1C(Br)c1ccc(Br)c2ccccc12. The molecule has 0 saturated carbocycles. The quantitative estimate of drug-likeness (QED) is 0.371. The van der Waals surface area contributed by atoms with Crippen LogP contribution in [0.3, 0.4) is 0 Å². The molecule has 3 aromatic rings. The van der Waals surface area contributed by atoms with Gasteiger partial charge in [-0.2, -0.15) is 0 Å². The molecule has 100 valence electrons. The number of hydrogen-bond donors (Lipinski definition) is 0. The van der Waals surface area contributed by atoms with Crippen LogP contribution in [0, 0.1) is 0 Å². The molecule has 0 bridgehead atoms. The van der Waals surface area contributed by atoms with E-state index in [0.717, 1.165) is 8.95 Å². The Bertz CT molecular complexity index is 765. The molecule has 0 heterocycles. The van der Waals surface area contributed by atoms with E-state index in [2.05, 4.69) is 102 Å². The van der Waals surface area contributed by atoms with Gasteiger partial charge in [0.25, 0.3) is 0 Å². The molecule has 3 rings (SSSR count). The second kappa shape index (κ2) is 6.00. The third-order valence-corrected chi connectivity index (χ3v) is 5.76. The summed E-state index contributed by atoms with van der Waals surface area (Å²) in [7, 11) is 0. The van der Waals surface area contributed by atoms with Crippen molar-refractivity contribution in [3.8, 4) is 0 Å². The van der Waals surface area contributed by atoms with E-state index in [1.807, 2.05) is 6.07 Å². The first-order chi connectivity index (χ1) is 9.68. The van der Waals surface area contributed by atoms with Crippen molar-refractivity contribution in [1.29, 1.82) is 0 Å². The molecule has 1 atom stereocenters. The van der Waals surface area contributed by atoms with E-state index >= 15 is 0 Å². The molecule has 0 spiro atoms. The lowest BCUT2D eigenvalue weighted by Gasteiger charge is -2.16. The van der Waals surface area contributed by atoms with Gasteiger partial charge in [-0.1, -0.05) is 96.3 Å². The Balaban J connectivity index is 2.20. The molecule has 0 fully saturated rings. The summed E-state index contributed by atoms with van der Waals surface area (Å²) in [5, 5.41) is 2.50. The minimum absolute atomic E-state index is 0.163. The highest BCUT2D eigenvalue weighted by molar-refractivity contribution is 9.11. The van der Waals surface area contributed by atoms with E-state index in [4.69, 9.17) is 0 Å². The van der Waals surface area contributed by atoms with E-state index in [-0.39, 0.29) is 4.83 Å². The zero-order valence-corrected chi connectivity index (χ0v) is 15.2. The molecule has 0 nitrogen and oxygen atoms in total. The minimum atomic E-state index is 0.163. The van der Waals surface area contributed by atoms with Gasteiger partial charge in [0.15, 0.2) is 0 Å². The number of hydrogen-bond acceptors (Lipinski definition) is 0. The summed E-state index contributed by atoms with van der Waals surface area (Å²) in [5.74, 6) is 0. The molecule has 0 aliphatic heterocycles. The van der Waals surface area contributed by atoms with Crippen LogP contribution in [-0.4, -0.2) is 0 Å². The van der Waals surface area contributed by atoms with Crippen LogP contribution >= 0.6 is 47.8 Å². The van der Waals surface area contributed by atoms with E-state index < -0.39 is 0 Å². The zero-order valence-electron chi connectivity index (χ0n) is 10.5. The number of benzene rings is 3. The number of fused-ring (bicyclic) bond motifs is 1. The topological polar surface area (TPSA) is 0 Å². The van der Waals surface area contributed by atoms with E-state index in [9.17, 15) is 0 Å². The van der Waals surface area contributed by atoms with Crippen molar-refractivity contribution in [3.63, 3.8) is 0 Å². The molecule has 3 aromatic carbocycles. The molecule has 1 unspecified atom stereocenters. The first kappa shape index (κ1) is 14.3. The Kier molecular flexibility index (Phi) is 4.29. The smallest absolute Gasteiger partial charge is 0.0661 e. The lowest BCUT2D eigenvalue weighted by Crippen LogP contribution is -1.95. The number of halogens is 3. The number of rotatable bonds is 2. The second-order valence-electron chi connectivity index (χ2n) is 4.57. The van der Waals surface area contributed by atoms with Crippen LogP contribution in [0.5, 0.6) is 0 Å². The van der Waals surface area contributed by atoms with Crippen molar-refractivity contribution in [2.24, 2.45) is 0 Å². The molecule has 20 heavy (non-hydrogen) atoms. The van der Waals surface area contributed by atoms with E-state index in [0.29, 0.717) is 0 Å². The maximum atomic E-state index is 3.85. The summed E-state index contributed by atoms with van der Waals surface area (Å²) in [5.41, 5.74) is 2.51. The Morgan fingerprint density at radius 2 is 1.25 bits per heavy atom. The third kappa shape index (κ3) is 2.59. The predicted molar refractivity (Wildman–Crippen MR) is 96.6 cm³/mol. The fraction of sp³-hybridized carbons (Fsp3) is 0.0588. The fourth-order valence-corrected chi connectivity index (χ4v) is 4.45. The lowest BCUT2D eigenvalue weighted by molar-refractivity contribution is 1.18. The normalized spacial score (nSPS) is 12.6. The molecule has 0 radical (unpaired) electrons. The molecule has 3 heteroatoms. The highest BCUT2D eigenvalue weighted by atomic mass is 79.9. The highest BCUT2D eigenvalue weighted by Gasteiger charge is 2.16. The van der Waals surface area contributed by atoms with Gasteiger partial charge in [0.2, 0.25) is 0 Å². The van der Waals surface area contributed by atoms with E-state index in [1.165, 1.54) is 21.9 Å². The summed E-state index contributed by atoms with van der Waals surface area (Å²) >= 11 is 11.1. The summed E-state index contributed by atoms with van der Waals surface area (Å²) in [6, 6.07) is 21.1. The van der Waals surface area contributed by atoms with Crippen LogP contribution in [0.1, 0.15) is 16.0 Å². The predicted octanol–water partition coefficient (Wildman–Crippen LogP) is 6.85. The summed E-state index contributed by atoms with van der Waals surface area (Å²) in [6.45, 7) is 0. The number of alkyl halides is 1. The molecule has 0 aliphatic rings. The lowest BCUT2D eigenvalue weighted by atomic mass is 9.98. The maximum absolute atomic E-state index is 3.85. The van der Waals surface area contributed by atoms with Crippen LogP contribution in [0.15, 0.2) is 69.6 Å². The third-order valence-electron chi connectivity index (χ3n) is 3.36.